The highest BCUT2D eigenvalue weighted by Gasteiger charge is 2.30. The molecular weight excluding hydrogens is 580 g/mol. The Kier molecular flexibility index (Phi) is 12.2. The van der Waals surface area contributed by atoms with Gasteiger partial charge in [0.2, 0.25) is 17.7 Å². The molecule has 9 nitrogen and oxygen atoms in total. The summed E-state index contributed by atoms with van der Waals surface area (Å²) in [6, 6.07) is 32.7. The number of nitrogens with one attached hydrogen (secondary N) is 2. The second-order valence-electron chi connectivity index (χ2n) is 11.2. The summed E-state index contributed by atoms with van der Waals surface area (Å²) in [5.41, 5.74) is 15.4. The van der Waals surface area contributed by atoms with Crippen LogP contribution < -0.4 is 22.1 Å². The van der Waals surface area contributed by atoms with E-state index in [9.17, 15) is 19.2 Å². The molecule has 0 saturated carbocycles. The number of carbonyl (C=O) groups excluding carboxylic acids is 4. The van der Waals surface area contributed by atoms with Crippen LogP contribution in [-0.2, 0) is 36.9 Å². The maximum atomic E-state index is 13.9. The van der Waals surface area contributed by atoms with Gasteiger partial charge in [-0.1, -0.05) is 115 Å². The Hall–Kier alpha value is -5.28. The predicted octanol–water partition coefficient (Wildman–Crippen LogP) is 4.06. The first-order chi connectivity index (χ1) is 22.2. The van der Waals surface area contributed by atoms with Crippen molar-refractivity contribution < 1.29 is 23.9 Å². The Bertz CT molecular complexity index is 1540. The first-order valence-electron chi connectivity index (χ1n) is 15.2. The molecule has 6 N–H and O–H groups in total. The van der Waals surface area contributed by atoms with Crippen LogP contribution in [0.3, 0.4) is 0 Å². The Morgan fingerprint density at radius 2 is 1.20 bits per heavy atom. The third-order valence-corrected chi connectivity index (χ3v) is 7.67. The fourth-order valence-electron chi connectivity index (χ4n) is 5.13. The number of esters is 1. The van der Waals surface area contributed by atoms with Gasteiger partial charge >= 0.3 is 5.97 Å². The van der Waals surface area contributed by atoms with Crippen LogP contribution in [0.15, 0.2) is 115 Å². The van der Waals surface area contributed by atoms with Gasteiger partial charge in [0, 0.05) is 0 Å². The second kappa shape index (κ2) is 16.7. The number of amides is 3. The Balaban J connectivity index is 1.50. The Morgan fingerprint density at radius 3 is 1.74 bits per heavy atom. The summed E-state index contributed by atoms with van der Waals surface area (Å²) in [4.78, 5) is 51.6. The number of hydrogen-bond donors (Lipinski definition) is 4. The van der Waals surface area contributed by atoms with E-state index in [4.69, 9.17) is 16.2 Å². The van der Waals surface area contributed by atoms with E-state index in [-0.39, 0.29) is 31.8 Å². The highest BCUT2D eigenvalue weighted by molar-refractivity contribution is 5.92. The van der Waals surface area contributed by atoms with Crippen molar-refractivity contribution in [2.75, 3.05) is 0 Å². The van der Waals surface area contributed by atoms with Crippen LogP contribution >= 0.6 is 0 Å². The average Bonchev–Trinajstić information content (AvgIpc) is 3.07. The first kappa shape index (κ1) is 33.6. The van der Waals surface area contributed by atoms with Gasteiger partial charge in [-0.2, -0.15) is 0 Å². The molecule has 3 amide bonds. The number of nitrogens with two attached hydrogens (primary N) is 2. The van der Waals surface area contributed by atoms with Crippen molar-refractivity contribution in [2.45, 2.75) is 56.8 Å². The highest BCUT2D eigenvalue weighted by atomic mass is 16.5. The monoisotopic (exact) mass is 620 g/mol. The van der Waals surface area contributed by atoms with Gasteiger partial charge in [-0.15, -0.1) is 0 Å². The third kappa shape index (κ3) is 9.87. The van der Waals surface area contributed by atoms with Crippen LogP contribution in [0, 0.1) is 0 Å². The predicted molar refractivity (Wildman–Crippen MR) is 176 cm³/mol. The van der Waals surface area contributed by atoms with Gasteiger partial charge in [0.25, 0.3) is 0 Å². The molecule has 0 fully saturated rings. The molecule has 0 aromatic heterocycles. The lowest BCUT2D eigenvalue weighted by atomic mass is 9.90. The summed E-state index contributed by atoms with van der Waals surface area (Å²) in [6.45, 7) is 1.91. The van der Waals surface area contributed by atoms with E-state index in [0.29, 0.717) is 0 Å². The minimum absolute atomic E-state index is 0.0829. The molecule has 4 rings (SSSR count). The number of ether oxygens (including phenoxy) is 1. The molecule has 0 radical (unpaired) electrons. The van der Waals surface area contributed by atoms with Crippen molar-refractivity contribution in [3.05, 3.63) is 143 Å². The molecule has 46 heavy (non-hydrogen) atoms. The van der Waals surface area contributed by atoms with Crippen LogP contribution in [0.5, 0.6) is 0 Å². The summed E-state index contributed by atoms with van der Waals surface area (Å²) in [5.74, 6) is -2.48. The quantitative estimate of drug-likeness (QED) is 0.147. The van der Waals surface area contributed by atoms with Crippen LogP contribution in [0.25, 0.3) is 0 Å². The van der Waals surface area contributed by atoms with Crippen LogP contribution in [0.2, 0.25) is 0 Å². The fraction of sp³-hybridized carbons (Fsp3) is 0.243. The van der Waals surface area contributed by atoms with E-state index in [0.717, 1.165) is 27.8 Å². The Morgan fingerprint density at radius 1 is 0.652 bits per heavy atom. The first-order valence-corrected chi connectivity index (χ1v) is 15.2. The second-order valence-corrected chi connectivity index (χ2v) is 11.2. The molecular formula is C37H40N4O5. The summed E-state index contributed by atoms with van der Waals surface area (Å²) in [6.07, 6.45) is 0.316. The van der Waals surface area contributed by atoms with Crippen molar-refractivity contribution in [3.63, 3.8) is 0 Å². The van der Waals surface area contributed by atoms with Crippen molar-refractivity contribution >= 4 is 23.7 Å². The molecule has 9 heteroatoms. The molecule has 238 valence electrons. The normalized spacial score (nSPS) is 12.8. The van der Waals surface area contributed by atoms with Gasteiger partial charge in [-0.05, 0) is 47.6 Å². The van der Waals surface area contributed by atoms with Gasteiger partial charge in [0.1, 0.15) is 18.7 Å². The molecule has 4 aromatic rings. The zero-order chi connectivity index (χ0) is 32.9. The molecule has 0 saturated heterocycles. The maximum absolute atomic E-state index is 13.9. The van der Waals surface area contributed by atoms with Crippen molar-refractivity contribution in [1.82, 2.24) is 10.6 Å². The van der Waals surface area contributed by atoms with Crippen LogP contribution in [0.1, 0.15) is 59.5 Å². The van der Waals surface area contributed by atoms with E-state index >= 15 is 0 Å². The number of hydrogen-bond acceptors (Lipinski definition) is 6. The molecule has 1 unspecified atom stereocenters. The summed E-state index contributed by atoms with van der Waals surface area (Å²) in [7, 11) is 0. The van der Waals surface area contributed by atoms with Gasteiger partial charge in [-0.25, -0.2) is 0 Å². The van der Waals surface area contributed by atoms with E-state index in [1.165, 1.54) is 0 Å². The van der Waals surface area contributed by atoms with Crippen molar-refractivity contribution in [2.24, 2.45) is 11.5 Å². The van der Waals surface area contributed by atoms with Gasteiger partial charge in [0.05, 0.1) is 18.4 Å². The fourth-order valence-corrected chi connectivity index (χ4v) is 5.13. The molecule has 4 aromatic carbocycles. The zero-order valence-electron chi connectivity index (χ0n) is 25.8. The van der Waals surface area contributed by atoms with Gasteiger partial charge in [-0.3, -0.25) is 19.2 Å². The van der Waals surface area contributed by atoms with Gasteiger partial charge in [0.15, 0.2) is 0 Å². The molecule has 0 spiro atoms. The minimum Gasteiger partial charge on any atom is -0.460 e. The van der Waals surface area contributed by atoms with Crippen LogP contribution in [-0.4, -0.2) is 35.8 Å². The smallest absolute Gasteiger partial charge is 0.323 e. The van der Waals surface area contributed by atoms with E-state index in [2.05, 4.69) is 10.6 Å². The van der Waals surface area contributed by atoms with Gasteiger partial charge < -0.3 is 26.8 Å². The number of carbonyl (C=O) groups is 4. The topological polar surface area (TPSA) is 154 Å². The molecule has 0 aliphatic carbocycles. The SMILES string of the molecule is CC(NC(=O)[C@@H](CC[C@H](N)C(=O)OCc1ccccc1)NC(=O)C(c1ccccc1)c1ccccc1)c1ccc(CC(N)=O)cc1. The largest absolute Gasteiger partial charge is 0.460 e. The molecule has 3 atom stereocenters. The molecule has 0 aliphatic heterocycles. The average molecular weight is 621 g/mol. The molecule has 0 aliphatic rings. The standard InChI is InChI=1S/C37H40N4O5/c1-25(28-19-17-26(18-20-28)23-33(39)42)40-35(43)32(22-21-31(38)37(45)46-24-27-11-5-2-6-12-27)41-36(44)34(29-13-7-3-8-14-29)30-15-9-4-10-16-30/h2-20,25,31-32,34H,21-24,38H2,1H3,(H2,39,42)(H,40,43)(H,41,44)/t25?,31-,32+/m0/s1. The van der Waals surface area contributed by atoms with Crippen molar-refractivity contribution in [1.29, 1.82) is 0 Å². The summed E-state index contributed by atoms with van der Waals surface area (Å²) in [5, 5.41) is 5.92. The van der Waals surface area contributed by atoms with Crippen LogP contribution in [0.4, 0.5) is 0 Å². The Labute approximate surface area is 269 Å². The lowest BCUT2D eigenvalue weighted by Crippen LogP contribution is -2.49. The van der Waals surface area contributed by atoms with E-state index in [1.807, 2.05) is 110 Å². The number of primary amides is 1. The van der Waals surface area contributed by atoms with E-state index < -0.39 is 41.8 Å². The lowest BCUT2D eigenvalue weighted by Gasteiger charge is -2.25. The lowest BCUT2D eigenvalue weighted by molar-refractivity contribution is -0.147. The summed E-state index contributed by atoms with van der Waals surface area (Å²) >= 11 is 0. The number of benzene rings is 4. The molecule has 0 heterocycles. The third-order valence-electron chi connectivity index (χ3n) is 7.67. The molecule has 0 bridgehead atoms. The highest BCUT2D eigenvalue weighted by Crippen LogP contribution is 2.25. The van der Waals surface area contributed by atoms with Crippen molar-refractivity contribution in [3.8, 4) is 0 Å². The minimum atomic E-state index is -0.995. The summed E-state index contributed by atoms with van der Waals surface area (Å²) < 4.78 is 5.39. The zero-order valence-corrected chi connectivity index (χ0v) is 25.8. The maximum Gasteiger partial charge on any atom is 0.323 e. The van der Waals surface area contributed by atoms with E-state index in [1.54, 1.807) is 12.1 Å². The number of rotatable bonds is 15.